The third-order valence-electron chi connectivity index (χ3n) is 6.83. The standard InChI is InChI=1S/C26H42N2O10/c29-23-7-8-24(30)28(23)38-25(31)9-11-33-13-15-35-17-18-36-16-14-34-12-10-27-26(32)37-19-22-20-5-3-1-2-4-6-21(20)22/h1-2,20-23,29H,3-19H2,(H,27,32)/b2-1-. The first kappa shape index (κ1) is 30.3. The molecule has 3 unspecified atom stereocenters. The third-order valence-corrected chi connectivity index (χ3v) is 6.83. The minimum Gasteiger partial charge on any atom is -0.449 e. The minimum absolute atomic E-state index is 0.0320. The number of aliphatic hydroxyl groups excluding tert-OH is 1. The smallest absolute Gasteiger partial charge is 0.407 e. The average Bonchev–Trinajstić information content (AvgIpc) is 3.44. The molecule has 0 bridgehead atoms. The summed E-state index contributed by atoms with van der Waals surface area (Å²) in [6.07, 6.45) is 8.11. The number of alkyl carbamates (subject to hydrolysis) is 1. The van der Waals surface area contributed by atoms with Crippen LogP contribution >= 0.6 is 0 Å². The van der Waals surface area contributed by atoms with Crippen molar-refractivity contribution in [2.24, 2.45) is 17.8 Å². The number of allylic oxidation sites excluding steroid dienone is 2. The lowest BCUT2D eigenvalue weighted by atomic mass is 10.1. The van der Waals surface area contributed by atoms with Gasteiger partial charge in [0.1, 0.15) is 0 Å². The first-order valence-electron chi connectivity index (χ1n) is 13.6. The van der Waals surface area contributed by atoms with Crippen molar-refractivity contribution in [1.82, 2.24) is 10.4 Å². The van der Waals surface area contributed by atoms with E-state index < -0.39 is 18.1 Å². The van der Waals surface area contributed by atoms with Gasteiger partial charge in [0.25, 0.3) is 5.91 Å². The van der Waals surface area contributed by atoms with Gasteiger partial charge in [0.2, 0.25) is 0 Å². The van der Waals surface area contributed by atoms with Crippen molar-refractivity contribution in [3.05, 3.63) is 12.2 Å². The molecule has 0 radical (unpaired) electrons. The molecule has 0 spiro atoms. The van der Waals surface area contributed by atoms with Crippen molar-refractivity contribution in [2.45, 2.75) is 51.2 Å². The molecule has 1 heterocycles. The molecule has 38 heavy (non-hydrogen) atoms. The number of carbonyl (C=O) groups excluding carboxylic acids is 3. The summed E-state index contributed by atoms with van der Waals surface area (Å²) < 4.78 is 26.9. The average molecular weight is 543 g/mol. The molecule has 12 nitrogen and oxygen atoms in total. The highest BCUT2D eigenvalue weighted by Gasteiger charge is 2.49. The Balaban J connectivity index is 1.01. The van der Waals surface area contributed by atoms with Crippen LogP contribution in [-0.2, 0) is 38.1 Å². The van der Waals surface area contributed by atoms with E-state index in [0.717, 1.165) is 12.8 Å². The lowest BCUT2D eigenvalue weighted by Gasteiger charge is -2.18. The van der Waals surface area contributed by atoms with Gasteiger partial charge in [0.15, 0.2) is 6.23 Å². The Kier molecular flexibility index (Phi) is 13.8. The Morgan fingerprint density at radius 3 is 2.03 bits per heavy atom. The van der Waals surface area contributed by atoms with Crippen LogP contribution in [0, 0.1) is 17.8 Å². The molecule has 1 saturated carbocycles. The number of nitrogens with one attached hydrogen (secondary N) is 1. The van der Waals surface area contributed by atoms with Crippen LogP contribution in [0.1, 0.15) is 44.9 Å². The van der Waals surface area contributed by atoms with E-state index in [1.54, 1.807) is 0 Å². The molecule has 1 saturated heterocycles. The van der Waals surface area contributed by atoms with E-state index in [2.05, 4.69) is 17.5 Å². The summed E-state index contributed by atoms with van der Waals surface area (Å²) in [6, 6.07) is 0. The molecule has 2 fully saturated rings. The maximum Gasteiger partial charge on any atom is 0.407 e. The van der Waals surface area contributed by atoms with E-state index in [1.165, 1.54) is 12.8 Å². The number of hydrogen-bond donors (Lipinski definition) is 2. The number of fused-ring (bicyclic) bond motifs is 1. The molecule has 12 heteroatoms. The summed E-state index contributed by atoms with van der Waals surface area (Å²) in [5, 5.41) is 13.0. The highest BCUT2D eigenvalue weighted by Crippen LogP contribution is 2.52. The van der Waals surface area contributed by atoms with Gasteiger partial charge in [0.05, 0.1) is 65.9 Å². The van der Waals surface area contributed by atoms with Crippen molar-refractivity contribution in [3.63, 3.8) is 0 Å². The van der Waals surface area contributed by atoms with Crippen molar-refractivity contribution < 1.29 is 48.0 Å². The highest BCUT2D eigenvalue weighted by molar-refractivity contribution is 5.79. The summed E-state index contributed by atoms with van der Waals surface area (Å²) in [4.78, 5) is 39.8. The van der Waals surface area contributed by atoms with E-state index in [1.807, 2.05) is 0 Å². The fourth-order valence-corrected chi connectivity index (χ4v) is 4.72. The van der Waals surface area contributed by atoms with Crippen molar-refractivity contribution in [3.8, 4) is 0 Å². The number of carbonyl (C=O) groups is 3. The van der Waals surface area contributed by atoms with Gasteiger partial charge in [-0.15, -0.1) is 5.06 Å². The molecule has 2 N–H and O–H groups in total. The molecule has 2 aliphatic carbocycles. The number of hydroxylamine groups is 2. The van der Waals surface area contributed by atoms with Gasteiger partial charge in [-0.05, 0) is 43.4 Å². The van der Waals surface area contributed by atoms with Gasteiger partial charge in [-0.25, -0.2) is 9.59 Å². The predicted octanol–water partition coefficient (Wildman–Crippen LogP) is 1.56. The highest BCUT2D eigenvalue weighted by atomic mass is 16.7. The molecule has 3 rings (SSSR count). The zero-order chi connectivity index (χ0) is 27.0. The summed E-state index contributed by atoms with van der Waals surface area (Å²) in [6.45, 7) is 3.69. The molecule has 0 aromatic carbocycles. The number of rotatable bonds is 18. The Morgan fingerprint density at radius 2 is 1.45 bits per heavy atom. The normalized spacial score (nSPS) is 25.3. The van der Waals surface area contributed by atoms with E-state index in [-0.39, 0.29) is 32.0 Å². The molecule has 216 valence electrons. The number of nitrogens with zero attached hydrogens (tertiary/aromatic N) is 1. The second kappa shape index (κ2) is 17.4. The molecule has 0 aromatic heterocycles. The molecule has 3 aliphatic rings. The number of aliphatic hydroxyl groups is 1. The van der Waals surface area contributed by atoms with Gasteiger partial charge in [-0.3, -0.25) is 4.79 Å². The SMILES string of the molecule is O=C(CCOCCOCCOCCOCCNC(=O)OCC1C2CC/C=C\CCC21)ON1C(=O)CCC1O. The second-order valence-corrected chi connectivity index (χ2v) is 9.54. The van der Waals surface area contributed by atoms with Gasteiger partial charge in [0, 0.05) is 19.4 Å². The Hall–Kier alpha value is -2.25. The van der Waals surface area contributed by atoms with Gasteiger partial charge >= 0.3 is 12.1 Å². The first-order valence-corrected chi connectivity index (χ1v) is 13.6. The van der Waals surface area contributed by atoms with Crippen molar-refractivity contribution in [1.29, 1.82) is 0 Å². The van der Waals surface area contributed by atoms with E-state index in [0.29, 0.717) is 82.2 Å². The van der Waals surface area contributed by atoms with Gasteiger partial charge in [-0.2, -0.15) is 0 Å². The number of amides is 2. The lowest BCUT2D eigenvalue weighted by molar-refractivity contribution is -0.221. The summed E-state index contributed by atoms with van der Waals surface area (Å²) in [7, 11) is 0. The molecular formula is C26H42N2O10. The quantitative estimate of drug-likeness (QED) is 0.194. The number of ether oxygens (including phenoxy) is 5. The van der Waals surface area contributed by atoms with Gasteiger partial charge < -0.3 is 38.9 Å². The van der Waals surface area contributed by atoms with Crippen LogP contribution in [0.2, 0.25) is 0 Å². The molecular weight excluding hydrogens is 500 g/mol. The Labute approximate surface area is 223 Å². The molecule has 3 atom stereocenters. The third kappa shape index (κ3) is 11.2. The minimum atomic E-state index is -1.07. The van der Waals surface area contributed by atoms with Gasteiger partial charge in [-0.1, -0.05) is 12.2 Å². The van der Waals surface area contributed by atoms with Crippen LogP contribution in [0.5, 0.6) is 0 Å². The van der Waals surface area contributed by atoms with Crippen LogP contribution in [-0.4, -0.2) is 100 Å². The first-order chi connectivity index (χ1) is 18.6. The Bertz CT molecular complexity index is 748. The van der Waals surface area contributed by atoms with Crippen LogP contribution in [0.3, 0.4) is 0 Å². The Morgan fingerprint density at radius 1 is 0.868 bits per heavy atom. The predicted molar refractivity (Wildman–Crippen MR) is 134 cm³/mol. The number of hydrogen-bond acceptors (Lipinski definition) is 10. The van der Waals surface area contributed by atoms with Crippen LogP contribution < -0.4 is 5.32 Å². The van der Waals surface area contributed by atoms with Crippen molar-refractivity contribution >= 4 is 18.0 Å². The van der Waals surface area contributed by atoms with Crippen molar-refractivity contribution in [2.75, 3.05) is 66.0 Å². The fraction of sp³-hybridized carbons (Fsp3) is 0.808. The zero-order valence-electron chi connectivity index (χ0n) is 22.1. The van der Waals surface area contributed by atoms with Crippen LogP contribution in [0.25, 0.3) is 0 Å². The molecule has 1 aliphatic heterocycles. The largest absolute Gasteiger partial charge is 0.449 e. The monoisotopic (exact) mass is 542 g/mol. The summed E-state index contributed by atoms with van der Waals surface area (Å²) in [5.41, 5.74) is 0. The van der Waals surface area contributed by atoms with Crippen LogP contribution in [0.15, 0.2) is 12.2 Å². The maximum atomic E-state index is 11.9. The zero-order valence-corrected chi connectivity index (χ0v) is 22.1. The van der Waals surface area contributed by atoms with E-state index in [9.17, 15) is 19.5 Å². The van der Waals surface area contributed by atoms with Crippen LogP contribution in [0.4, 0.5) is 4.79 Å². The molecule has 0 aromatic rings. The lowest BCUT2D eigenvalue weighted by Crippen LogP contribution is -2.35. The topological polar surface area (TPSA) is 142 Å². The van der Waals surface area contributed by atoms with E-state index >= 15 is 0 Å². The second-order valence-electron chi connectivity index (χ2n) is 9.54. The maximum absolute atomic E-state index is 11.9. The summed E-state index contributed by atoms with van der Waals surface area (Å²) in [5.74, 6) is 0.896. The molecule has 2 amide bonds. The van der Waals surface area contributed by atoms with E-state index in [4.69, 9.17) is 28.5 Å². The fourth-order valence-electron chi connectivity index (χ4n) is 4.72. The summed E-state index contributed by atoms with van der Waals surface area (Å²) >= 11 is 0.